The second-order valence-electron chi connectivity index (χ2n) is 15.3. The first kappa shape index (κ1) is 30.0. The van der Waals surface area contributed by atoms with Crippen molar-refractivity contribution >= 4 is 75.9 Å². The van der Waals surface area contributed by atoms with E-state index < -0.39 is 0 Å². The fraction of sp³-hybridized carbons (Fsp3) is 0. The van der Waals surface area contributed by atoms with Crippen molar-refractivity contribution in [2.75, 3.05) is 0 Å². The Bertz CT molecular complexity index is 3650. The summed E-state index contributed by atoms with van der Waals surface area (Å²) in [6.07, 6.45) is 0. The van der Waals surface area contributed by atoms with Gasteiger partial charge in [-0.1, -0.05) is 127 Å². The van der Waals surface area contributed by atoms with Gasteiger partial charge in [0.2, 0.25) is 0 Å². The van der Waals surface area contributed by atoms with Gasteiger partial charge in [-0.05, 0) is 132 Å². The first-order valence-corrected chi connectivity index (χ1v) is 19.4. The maximum absolute atomic E-state index is 2.45. The molecule has 0 saturated carbocycles. The highest BCUT2D eigenvalue weighted by Crippen LogP contribution is 2.50. The summed E-state index contributed by atoms with van der Waals surface area (Å²) < 4.78 is 4.87. The van der Waals surface area contributed by atoms with Gasteiger partial charge in [-0.3, -0.25) is 0 Å². The molecule has 0 unspecified atom stereocenters. The van der Waals surface area contributed by atoms with Crippen LogP contribution in [0.1, 0.15) is 0 Å². The van der Waals surface area contributed by atoms with Gasteiger partial charge in [-0.15, -0.1) is 0 Å². The molecule has 2 heteroatoms. The third-order valence-corrected chi connectivity index (χ3v) is 12.4. The smallest absolute Gasteiger partial charge is 0.0541 e. The lowest BCUT2D eigenvalue weighted by molar-refractivity contribution is 1.18. The van der Waals surface area contributed by atoms with Crippen LogP contribution in [0.15, 0.2) is 194 Å². The molecule has 0 radical (unpaired) electrons. The molecule has 258 valence electrons. The lowest BCUT2D eigenvalue weighted by atomic mass is 9.96. The zero-order valence-corrected chi connectivity index (χ0v) is 30.4. The van der Waals surface area contributed by atoms with Crippen LogP contribution in [0.4, 0.5) is 0 Å². The standard InChI is InChI=1S/C54H32N2/c1-2-11-34-28-38(23-20-33(34)10-1)55-50-18-7-5-14-42(50)47-29-35(21-26-52(47)55)36-22-27-53-48(30-36)43-15-6-8-19-51(43)56(53)39-24-25-41-45-17-9-16-44-40-13-4-3-12-37(40)31-49(54(44)45)46(41)32-39/h1-32H. The minimum absolute atomic E-state index is 1.18. The van der Waals surface area contributed by atoms with Crippen LogP contribution >= 0.6 is 0 Å². The molecule has 2 aromatic heterocycles. The Morgan fingerprint density at radius 3 is 1.52 bits per heavy atom. The normalized spacial score (nSPS) is 12.3. The average Bonchev–Trinajstić information content (AvgIpc) is 3.89. The SMILES string of the molecule is c1ccc2cc(-n3c4ccccc4c4cc(-c5ccc6c(c5)c5ccccc5n6-c5ccc6c(c5)-c5cc7ccccc7c7cccc-6c57)ccc43)ccc2c1. The van der Waals surface area contributed by atoms with E-state index in [1.807, 2.05) is 0 Å². The van der Waals surface area contributed by atoms with Crippen molar-refractivity contribution in [3.63, 3.8) is 0 Å². The summed E-state index contributed by atoms with van der Waals surface area (Å²) in [6.45, 7) is 0. The summed E-state index contributed by atoms with van der Waals surface area (Å²) in [5.41, 5.74) is 14.9. The zero-order chi connectivity index (χ0) is 36.5. The van der Waals surface area contributed by atoms with Crippen LogP contribution in [0, 0.1) is 0 Å². The van der Waals surface area contributed by atoms with Crippen LogP contribution in [0.25, 0.3) is 121 Å². The first-order chi connectivity index (χ1) is 27.8. The van der Waals surface area contributed by atoms with Crippen LogP contribution in [0.3, 0.4) is 0 Å². The van der Waals surface area contributed by atoms with E-state index in [2.05, 4.69) is 203 Å². The Morgan fingerprint density at radius 1 is 0.250 bits per heavy atom. The van der Waals surface area contributed by atoms with Crippen LogP contribution in [0.2, 0.25) is 0 Å². The van der Waals surface area contributed by atoms with E-state index in [4.69, 9.17) is 0 Å². The van der Waals surface area contributed by atoms with E-state index >= 15 is 0 Å². The predicted octanol–water partition coefficient (Wildman–Crippen LogP) is 14.7. The van der Waals surface area contributed by atoms with Crippen LogP contribution in [-0.4, -0.2) is 9.13 Å². The van der Waals surface area contributed by atoms with E-state index in [0.29, 0.717) is 0 Å². The monoisotopic (exact) mass is 708 g/mol. The van der Waals surface area contributed by atoms with Gasteiger partial charge >= 0.3 is 0 Å². The fourth-order valence-corrected chi connectivity index (χ4v) is 9.91. The number of rotatable bonds is 3. The largest absolute Gasteiger partial charge is 0.309 e. The number of aromatic nitrogens is 2. The zero-order valence-electron chi connectivity index (χ0n) is 30.4. The highest BCUT2D eigenvalue weighted by molar-refractivity contribution is 6.23. The average molecular weight is 709 g/mol. The highest BCUT2D eigenvalue weighted by Gasteiger charge is 2.24. The van der Waals surface area contributed by atoms with Gasteiger partial charge in [-0.2, -0.15) is 0 Å². The molecule has 2 nitrogen and oxygen atoms in total. The molecule has 0 bridgehead atoms. The third kappa shape index (κ3) is 4.05. The molecular formula is C54H32N2. The minimum atomic E-state index is 1.18. The Labute approximate surface area is 322 Å². The molecule has 2 heterocycles. The predicted molar refractivity (Wildman–Crippen MR) is 238 cm³/mol. The quantitative estimate of drug-likeness (QED) is 0.162. The van der Waals surface area contributed by atoms with Crippen molar-refractivity contribution in [3.8, 4) is 44.8 Å². The van der Waals surface area contributed by atoms with E-state index in [1.54, 1.807) is 0 Å². The Hall–Kier alpha value is -7.42. The van der Waals surface area contributed by atoms with Gasteiger partial charge < -0.3 is 9.13 Å². The molecule has 0 saturated heterocycles. The Balaban J connectivity index is 0.975. The number of hydrogen-bond acceptors (Lipinski definition) is 0. The number of fused-ring (bicyclic) bond motifs is 12. The molecule has 10 aromatic carbocycles. The summed E-state index contributed by atoms with van der Waals surface area (Å²) in [5.74, 6) is 0. The molecule has 0 fully saturated rings. The summed E-state index contributed by atoms with van der Waals surface area (Å²) >= 11 is 0. The lowest BCUT2D eigenvalue weighted by Crippen LogP contribution is -1.94. The summed E-state index contributed by atoms with van der Waals surface area (Å²) in [7, 11) is 0. The Morgan fingerprint density at radius 2 is 0.804 bits per heavy atom. The summed E-state index contributed by atoms with van der Waals surface area (Å²) in [4.78, 5) is 0. The minimum Gasteiger partial charge on any atom is -0.309 e. The molecule has 0 aliphatic heterocycles. The van der Waals surface area contributed by atoms with Crippen LogP contribution in [0.5, 0.6) is 0 Å². The maximum Gasteiger partial charge on any atom is 0.0541 e. The molecule has 13 rings (SSSR count). The fourth-order valence-electron chi connectivity index (χ4n) is 9.91. The number of para-hydroxylation sites is 2. The molecule has 0 atom stereocenters. The van der Waals surface area contributed by atoms with Crippen LogP contribution < -0.4 is 0 Å². The van der Waals surface area contributed by atoms with Crippen molar-refractivity contribution < 1.29 is 0 Å². The van der Waals surface area contributed by atoms with Gasteiger partial charge in [-0.25, -0.2) is 0 Å². The van der Waals surface area contributed by atoms with Gasteiger partial charge in [0.05, 0.1) is 22.1 Å². The molecule has 56 heavy (non-hydrogen) atoms. The second kappa shape index (κ2) is 11.1. The van der Waals surface area contributed by atoms with Gasteiger partial charge in [0.15, 0.2) is 0 Å². The van der Waals surface area contributed by atoms with Crippen molar-refractivity contribution in [3.05, 3.63) is 194 Å². The van der Waals surface area contributed by atoms with E-state index in [0.717, 1.165) is 0 Å². The highest BCUT2D eigenvalue weighted by atomic mass is 15.0. The van der Waals surface area contributed by atoms with Gasteiger partial charge in [0.1, 0.15) is 0 Å². The molecule has 0 N–H and O–H groups in total. The van der Waals surface area contributed by atoms with Crippen molar-refractivity contribution in [2.45, 2.75) is 0 Å². The van der Waals surface area contributed by atoms with Crippen molar-refractivity contribution in [2.24, 2.45) is 0 Å². The Kier molecular flexibility index (Phi) is 5.92. The third-order valence-electron chi connectivity index (χ3n) is 12.4. The molecular weight excluding hydrogens is 677 g/mol. The van der Waals surface area contributed by atoms with Crippen molar-refractivity contribution in [1.29, 1.82) is 0 Å². The van der Waals surface area contributed by atoms with E-state index in [9.17, 15) is 0 Å². The topological polar surface area (TPSA) is 9.86 Å². The number of nitrogens with zero attached hydrogens (tertiary/aromatic N) is 2. The number of benzene rings is 10. The first-order valence-electron chi connectivity index (χ1n) is 19.4. The molecule has 1 aliphatic rings. The van der Waals surface area contributed by atoms with Crippen molar-refractivity contribution in [1.82, 2.24) is 9.13 Å². The lowest BCUT2D eigenvalue weighted by Gasteiger charge is -2.12. The second-order valence-corrected chi connectivity index (χ2v) is 15.3. The number of hydrogen-bond donors (Lipinski definition) is 0. The van der Waals surface area contributed by atoms with E-state index in [-0.39, 0.29) is 0 Å². The van der Waals surface area contributed by atoms with Gasteiger partial charge in [0.25, 0.3) is 0 Å². The molecule has 12 aromatic rings. The summed E-state index contributed by atoms with van der Waals surface area (Å²) in [5, 5.41) is 12.8. The maximum atomic E-state index is 2.45. The molecule has 0 spiro atoms. The van der Waals surface area contributed by atoms with Gasteiger partial charge in [0, 0.05) is 32.9 Å². The summed E-state index contributed by atoms with van der Waals surface area (Å²) in [6, 6.07) is 72.1. The molecule has 1 aliphatic carbocycles. The van der Waals surface area contributed by atoms with Crippen LogP contribution in [-0.2, 0) is 0 Å². The van der Waals surface area contributed by atoms with E-state index in [1.165, 1.54) is 121 Å². The molecule has 0 amide bonds.